The summed E-state index contributed by atoms with van der Waals surface area (Å²) in [6, 6.07) is 6.14. The number of aryl methyl sites for hydroxylation is 2. The molecule has 0 saturated carbocycles. The summed E-state index contributed by atoms with van der Waals surface area (Å²) >= 11 is 0. The fourth-order valence-corrected chi connectivity index (χ4v) is 8.98. The second-order valence-electron chi connectivity index (χ2n) is 15.2. The molecule has 1 unspecified atom stereocenters. The lowest BCUT2D eigenvalue weighted by molar-refractivity contribution is 0.108. The molecule has 2 saturated heterocycles. The minimum absolute atomic E-state index is 0.00921. The van der Waals surface area contributed by atoms with Crippen LogP contribution in [0.2, 0.25) is 0 Å². The van der Waals surface area contributed by atoms with Crippen LogP contribution in [-0.4, -0.2) is 69.1 Å². The average Bonchev–Trinajstić information content (AvgIpc) is 3.86. The third-order valence-electron chi connectivity index (χ3n) is 11.6. The molecule has 3 aromatic heterocycles. The van der Waals surface area contributed by atoms with E-state index in [4.69, 9.17) is 40.7 Å². The summed E-state index contributed by atoms with van der Waals surface area (Å²) in [6.07, 6.45) is 14.6. The van der Waals surface area contributed by atoms with Crippen molar-refractivity contribution in [1.29, 1.82) is 0 Å². The van der Waals surface area contributed by atoms with Gasteiger partial charge in [0.25, 0.3) is 0 Å². The van der Waals surface area contributed by atoms with Gasteiger partial charge in [0.15, 0.2) is 17.3 Å². The van der Waals surface area contributed by atoms with Crippen molar-refractivity contribution in [3.63, 3.8) is 0 Å². The van der Waals surface area contributed by atoms with Crippen molar-refractivity contribution in [3.05, 3.63) is 69.3 Å². The Balaban J connectivity index is 1.23. The lowest BCUT2D eigenvalue weighted by atomic mass is 9.94. The number of hydrogen-bond acceptors (Lipinski definition) is 11. The van der Waals surface area contributed by atoms with E-state index in [1.54, 1.807) is 18.2 Å². The van der Waals surface area contributed by atoms with Crippen molar-refractivity contribution in [1.82, 2.24) is 24.8 Å². The molecule has 0 radical (unpaired) electrons. The number of ether oxygens (including phenoxy) is 1. The fraction of sp³-hybridized carbons (Fsp3) is 0.476. The van der Waals surface area contributed by atoms with Crippen LogP contribution in [0.5, 0.6) is 6.01 Å². The van der Waals surface area contributed by atoms with Crippen LogP contribution in [0.25, 0.3) is 32.9 Å². The molecule has 5 aromatic rings. The molecule has 288 valence electrons. The summed E-state index contributed by atoms with van der Waals surface area (Å²) in [5, 5.41) is 5.07. The highest BCUT2D eigenvalue weighted by Gasteiger charge is 2.45. The zero-order valence-electron chi connectivity index (χ0n) is 31.5. The van der Waals surface area contributed by atoms with E-state index >= 15 is 8.78 Å². The smallest absolute Gasteiger partial charge is 0.461 e. The van der Waals surface area contributed by atoms with E-state index in [0.29, 0.717) is 83.0 Å². The molecule has 3 aliphatic heterocycles. The Morgan fingerprint density at radius 2 is 1.89 bits per heavy atom. The Kier molecular flexibility index (Phi) is 10.2. The van der Waals surface area contributed by atoms with Gasteiger partial charge in [0.2, 0.25) is 0 Å². The molecule has 11 nitrogen and oxygen atoms in total. The number of nitrogens with one attached hydrogen (secondary N) is 1. The third kappa shape index (κ3) is 7.02. The summed E-state index contributed by atoms with van der Waals surface area (Å²) in [5.41, 5.74) is 7.59. The first-order valence-corrected chi connectivity index (χ1v) is 19.6. The molecule has 3 N–H and O–H groups in total. The number of nitrogens with zero attached hydrogens (tertiary/aromatic N) is 5. The van der Waals surface area contributed by atoms with Gasteiger partial charge in [-0.3, -0.25) is 9.80 Å². The predicted octanol–water partition coefficient (Wildman–Crippen LogP) is 7.22. The zero-order chi connectivity index (χ0) is 38.3. The van der Waals surface area contributed by atoms with Crippen molar-refractivity contribution in [2.45, 2.75) is 96.2 Å². The molecule has 0 bridgehead atoms. The molecular formula is C42H47F2N7O4. The molecule has 2 fully saturated rings. The second-order valence-corrected chi connectivity index (χ2v) is 15.2. The largest absolute Gasteiger partial charge is 0.519 e. The maximum atomic E-state index is 17.3. The van der Waals surface area contributed by atoms with Crippen molar-refractivity contribution in [3.8, 4) is 29.6 Å². The lowest BCUT2D eigenvalue weighted by Crippen LogP contribution is -2.43. The Morgan fingerprint density at radius 1 is 1.09 bits per heavy atom. The second kappa shape index (κ2) is 15.2. The van der Waals surface area contributed by atoms with Gasteiger partial charge in [0, 0.05) is 35.6 Å². The van der Waals surface area contributed by atoms with E-state index in [0.717, 1.165) is 71.0 Å². The summed E-state index contributed by atoms with van der Waals surface area (Å²) in [4.78, 5) is 31.4. The van der Waals surface area contributed by atoms with Crippen molar-refractivity contribution >= 4 is 33.2 Å². The summed E-state index contributed by atoms with van der Waals surface area (Å²) in [7, 11) is 0. The maximum absolute atomic E-state index is 17.3. The monoisotopic (exact) mass is 751 g/mol. The van der Waals surface area contributed by atoms with Gasteiger partial charge in [-0.15, -0.1) is 6.42 Å². The average molecular weight is 752 g/mol. The van der Waals surface area contributed by atoms with Crippen LogP contribution in [0.15, 0.2) is 37.9 Å². The molecule has 6 heterocycles. The molecule has 0 amide bonds. The minimum atomic E-state index is -0.697. The highest BCUT2D eigenvalue weighted by molar-refractivity contribution is 6.04. The van der Waals surface area contributed by atoms with Crippen LogP contribution in [-0.2, 0) is 19.4 Å². The standard InChI is InChI=1S/C42H47F2N7O4/c1-4-7-17-50(23-33-32(6-3)54-41(52)55-33)22-27-11-8-12-31-35-38(48-40(49-39(35)46-27)53-24-42-15-9-18-51(42)19-10-16-42)36(44)37(47-31)29-21-26(45)20-25-13-14-30(43)28(5-2)34(25)29/h2,13-14,20-21,27H,4,6-12,15-19,22-24,45H2,1,3H3,(H,46,48,49). The number of pyridine rings is 1. The zero-order valence-corrected chi connectivity index (χ0v) is 31.5. The summed E-state index contributed by atoms with van der Waals surface area (Å²) < 4.78 is 49.7. The van der Waals surface area contributed by atoms with Crippen LogP contribution >= 0.6 is 0 Å². The van der Waals surface area contributed by atoms with Crippen molar-refractivity contribution in [2.24, 2.45) is 0 Å². The summed E-state index contributed by atoms with van der Waals surface area (Å²) in [6.45, 7) is 8.35. The minimum Gasteiger partial charge on any atom is -0.461 e. The molecular weight excluding hydrogens is 705 g/mol. The third-order valence-corrected chi connectivity index (χ3v) is 11.6. The van der Waals surface area contributed by atoms with E-state index in [-0.39, 0.29) is 34.4 Å². The number of anilines is 2. The number of benzene rings is 2. The Hall–Kier alpha value is -5.06. The van der Waals surface area contributed by atoms with Crippen LogP contribution in [0, 0.1) is 24.0 Å². The van der Waals surface area contributed by atoms with Gasteiger partial charge in [0.05, 0.1) is 28.7 Å². The van der Waals surface area contributed by atoms with Crippen LogP contribution < -0.4 is 21.6 Å². The van der Waals surface area contributed by atoms with E-state index < -0.39 is 17.5 Å². The first-order valence-electron chi connectivity index (χ1n) is 19.6. The van der Waals surface area contributed by atoms with Gasteiger partial charge in [0.1, 0.15) is 29.5 Å². The van der Waals surface area contributed by atoms with Crippen LogP contribution in [0.1, 0.15) is 88.0 Å². The van der Waals surface area contributed by atoms with Crippen molar-refractivity contribution in [2.75, 3.05) is 43.8 Å². The molecule has 0 spiro atoms. The Labute approximate surface area is 318 Å². The van der Waals surface area contributed by atoms with Gasteiger partial charge in [-0.1, -0.05) is 32.3 Å². The van der Waals surface area contributed by atoms with Crippen molar-refractivity contribution < 1.29 is 22.4 Å². The van der Waals surface area contributed by atoms with E-state index in [2.05, 4.69) is 28.0 Å². The number of rotatable bonds is 12. The highest BCUT2D eigenvalue weighted by atomic mass is 19.1. The topological polar surface area (TPSA) is 136 Å². The van der Waals surface area contributed by atoms with Crippen LogP contribution in [0.4, 0.5) is 20.3 Å². The predicted molar refractivity (Wildman–Crippen MR) is 208 cm³/mol. The van der Waals surface area contributed by atoms with Gasteiger partial charge >= 0.3 is 11.8 Å². The number of unbranched alkanes of at least 4 members (excludes halogenated alkanes) is 1. The van der Waals surface area contributed by atoms with Gasteiger partial charge in [-0.05, 0) is 94.6 Å². The molecule has 8 rings (SSSR count). The molecule has 3 aliphatic rings. The summed E-state index contributed by atoms with van der Waals surface area (Å²) in [5.74, 6) is 2.01. The Bertz CT molecular complexity index is 2340. The number of halogens is 2. The van der Waals surface area contributed by atoms with Gasteiger partial charge < -0.3 is 24.6 Å². The van der Waals surface area contributed by atoms with E-state index in [1.807, 2.05) is 6.92 Å². The number of aromatic nitrogens is 3. The molecule has 55 heavy (non-hydrogen) atoms. The molecule has 0 aliphatic carbocycles. The Morgan fingerprint density at radius 3 is 2.65 bits per heavy atom. The van der Waals surface area contributed by atoms with Gasteiger partial charge in [-0.2, -0.15) is 9.97 Å². The number of hydrogen-bond donors (Lipinski definition) is 2. The SMILES string of the molecule is C#Cc1c(F)ccc2cc(N)cc(-c3nc4c5c(nc(OCC67CCCN6CCC7)nc5c3F)NC(CN(CCCC)Cc3oc(=O)oc3CC)CCC4)c12. The quantitative estimate of drug-likeness (QED) is 0.0988. The molecule has 13 heteroatoms. The lowest BCUT2D eigenvalue weighted by Gasteiger charge is -2.32. The number of fused-ring (bicyclic) bond motifs is 2. The van der Waals surface area contributed by atoms with E-state index in [1.165, 1.54) is 6.07 Å². The van der Waals surface area contributed by atoms with Crippen LogP contribution in [0.3, 0.4) is 0 Å². The van der Waals surface area contributed by atoms with Gasteiger partial charge in [-0.25, -0.2) is 18.6 Å². The first kappa shape index (κ1) is 36.9. The molecule has 2 aromatic carbocycles. The van der Waals surface area contributed by atoms with E-state index in [9.17, 15) is 4.79 Å². The fourth-order valence-electron chi connectivity index (χ4n) is 8.98. The maximum Gasteiger partial charge on any atom is 0.519 e. The number of terminal acetylenes is 1. The number of nitrogens with two attached hydrogens (primary N) is 1. The highest BCUT2D eigenvalue weighted by Crippen LogP contribution is 2.41. The first-order chi connectivity index (χ1) is 26.7. The molecule has 1 atom stereocenters. The number of nitrogen functional groups attached to an aromatic ring is 1. The normalized spacial score (nSPS) is 18.0.